The van der Waals surface area contributed by atoms with E-state index in [2.05, 4.69) is 5.32 Å². The molecule has 2 aromatic carbocycles. The van der Waals surface area contributed by atoms with Crippen LogP contribution in [0.3, 0.4) is 0 Å². The first-order valence-electron chi connectivity index (χ1n) is 9.36. The van der Waals surface area contributed by atoms with Gasteiger partial charge in [-0.3, -0.25) is 9.10 Å². The lowest BCUT2D eigenvalue weighted by molar-refractivity contribution is -0.122. The maximum Gasteiger partial charge on any atom is 0.243 e. The number of rotatable bonds is 10. The Hall–Kier alpha value is -2.94. The quantitative estimate of drug-likeness (QED) is 0.615. The molecule has 0 aliphatic carbocycles. The van der Waals surface area contributed by atoms with Crippen LogP contribution in [0.15, 0.2) is 48.5 Å². The maximum atomic E-state index is 12.7. The standard InChI is InChI=1S/C21H28N2O6S/c1-15(14-29-20-12-10-19(28-4)11-13-20)22-21(24)16(2)23(30(5,25)26)17-6-8-18(27-3)9-7-17/h6-13,15-16H,14H2,1-5H3,(H,22,24)/t15-,16+/m0/s1. The van der Waals surface area contributed by atoms with E-state index in [4.69, 9.17) is 14.2 Å². The van der Waals surface area contributed by atoms with Gasteiger partial charge in [0.2, 0.25) is 15.9 Å². The molecule has 0 saturated heterocycles. The van der Waals surface area contributed by atoms with E-state index in [0.717, 1.165) is 16.3 Å². The number of ether oxygens (including phenoxy) is 3. The number of sulfonamides is 1. The highest BCUT2D eigenvalue weighted by Crippen LogP contribution is 2.24. The number of nitrogens with zero attached hydrogens (tertiary/aromatic N) is 1. The molecule has 8 nitrogen and oxygen atoms in total. The van der Waals surface area contributed by atoms with Crippen molar-refractivity contribution in [2.45, 2.75) is 25.9 Å². The van der Waals surface area contributed by atoms with Crippen molar-refractivity contribution >= 4 is 21.6 Å². The van der Waals surface area contributed by atoms with E-state index < -0.39 is 22.0 Å². The Morgan fingerprint density at radius 2 is 1.40 bits per heavy atom. The Labute approximate surface area is 177 Å². The predicted molar refractivity (Wildman–Crippen MR) is 116 cm³/mol. The molecule has 0 heterocycles. The number of carbonyl (C=O) groups excluding carboxylic acids is 1. The molecule has 2 atom stereocenters. The number of hydrogen-bond acceptors (Lipinski definition) is 6. The lowest BCUT2D eigenvalue weighted by Gasteiger charge is -2.29. The fourth-order valence-corrected chi connectivity index (χ4v) is 4.01. The van der Waals surface area contributed by atoms with Crippen molar-refractivity contribution in [1.29, 1.82) is 0 Å². The number of anilines is 1. The van der Waals surface area contributed by atoms with Crippen LogP contribution in [-0.4, -0.2) is 53.5 Å². The summed E-state index contributed by atoms with van der Waals surface area (Å²) in [5.74, 6) is 1.52. The summed E-state index contributed by atoms with van der Waals surface area (Å²) in [4.78, 5) is 12.7. The molecule has 0 bridgehead atoms. The minimum Gasteiger partial charge on any atom is -0.497 e. The number of carbonyl (C=O) groups is 1. The second-order valence-corrected chi connectivity index (χ2v) is 8.69. The Morgan fingerprint density at radius 3 is 1.87 bits per heavy atom. The fraction of sp³-hybridized carbons (Fsp3) is 0.381. The van der Waals surface area contributed by atoms with Gasteiger partial charge >= 0.3 is 0 Å². The zero-order chi connectivity index (χ0) is 22.3. The van der Waals surface area contributed by atoms with Crippen molar-refractivity contribution in [2.75, 3.05) is 31.4 Å². The Bertz CT molecular complexity index is 929. The van der Waals surface area contributed by atoms with Gasteiger partial charge in [-0.25, -0.2) is 8.42 Å². The van der Waals surface area contributed by atoms with Crippen LogP contribution in [0.4, 0.5) is 5.69 Å². The van der Waals surface area contributed by atoms with Gasteiger partial charge in [-0.05, 0) is 62.4 Å². The highest BCUT2D eigenvalue weighted by Gasteiger charge is 2.29. The number of benzene rings is 2. The summed E-state index contributed by atoms with van der Waals surface area (Å²) in [5.41, 5.74) is 0.378. The first-order valence-corrected chi connectivity index (χ1v) is 11.2. The van der Waals surface area contributed by atoms with Crippen LogP contribution in [0.2, 0.25) is 0 Å². The van der Waals surface area contributed by atoms with Gasteiger partial charge < -0.3 is 19.5 Å². The number of nitrogens with one attached hydrogen (secondary N) is 1. The molecule has 1 N–H and O–H groups in total. The zero-order valence-corrected chi connectivity index (χ0v) is 18.6. The van der Waals surface area contributed by atoms with Crippen LogP contribution >= 0.6 is 0 Å². The molecule has 9 heteroatoms. The Kier molecular flexibility index (Phi) is 7.93. The van der Waals surface area contributed by atoms with Crippen molar-refractivity contribution in [3.05, 3.63) is 48.5 Å². The Morgan fingerprint density at radius 1 is 0.933 bits per heavy atom. The number of hydrogen-bond donors (Lipinski definition) is 1. The molecule has 0 aliphatic heterocycles. The van der Waals surface area contributed by atoms with Crippen molar-refractivity contribution < 1.29 is 27.4 Å². The van der Waals surface area contributed by atoms with Gasteiger partial charge in [0.15, 0.2) is 0 Å². The molecule has 0 fully saturated rings. The smallest absolute Gasteiger partial charge is 0.243 e. The highest BCUT2D eigenvalue weighted by molar-refractivity contribution is 7.92. The first kappa shape index (κ1) is 23.3. The minimum atomic E-state index is -3.69. The fourth-order valence-electron chi connectivity index (χ4n) is 2.84. The first-order chi connectivity index (χ1) is 14.2. The summed E-state index contributed by atoms with van der Waals surface area (Å²) in [5, 5.41) is 2.80. The van der Waals surface area contributed by atoms with E-state index in [-0.39, 0.29) is 12.6 Å². The minimum absolute atomic E-state index is 0.228. The topological polar surface area (TPSA) is 94.2 Å². The average molecular weight is 437 g/mol. The van der Waals surface area contributed by atoms with Gasteiger partial charge in [-0.1, -0.05) is 0 Å². The third-order valence-electron chi connectivity index (χ3n) is 4.36. The van der Waals surface area contributed by atoms with Gasteiger partial charge in [0.1, 0.15) is 29.9 Å². The third-order valence-corrected chi connectivity index (χ3v) is 5.61. The molecule has 0 radical (unpaired) electrons. The molecule has 1 amide bonds. The van der Waals surface area contributed by atoms with E-state index in [9.17, 15) is 13.2 Å². The molecule has 0 saturated carbocycles. The van der Waals surface area contributed by atoms with Crippen molar-refractivity contribution in [2.24, 2.45) is 0 Å². The molecule has 2 rings (SSSR count). The molecule has 0 aliphatic rings. The highest BCUT2D eigenvalue weighted by atomic mass is 32.2. The largest absolute Gasteiger partial charge is 0.497 e. The van der Waals surface area contributed by atoms with E-state index in [0.29, 0.717) is 17.2 Å². The second-order valence-electron chi connectivity index (χ2n) is 6.83. The average Bonchev–Trinajstić information content (AvgIpc) is 2.72. The third kappa shape index (κ3) is 6.28. The molecule has 2 aromatic rings. The lowest BCUT2D eigenvalue weighted by Crippen LogP contribution is -2.50. The SMILES string of the molecule is COc1ccc(OC[C@H](C)NC(=O)[C@@H](C)N(c2ccc(OC)cc2)S(C)(=O)=O)cc1. The maximum absolute atomic E-state index is 12.7. The summed E-state index contributed by atoms with van der Waals surface area (Å²) in [6.07, 6.45) is 1.07. The summed E-state index contributed by atoms with van der Waals surface area (Å²) in [6, 6.07) is 12.3. The molecule has 164 valence electrons. The molecule has 0 unspecified atom stereocenters. The summed E-state index contributed by atoms with van der Waals surface area (Å²) in [7, 11) is -0.585. The van der Waals surface area contributed by atoms with E-state index in [1.165, 1.54) is 14.0 Å². The van der Waals surface area contributed by atoms with Gasteiger partial charge in [0, 0.05) is 0 Å². The predicted octanol–water partition coefficient (Wildman–Crippen LogP) is 2.44. The molecular formula is C21H28N2O6S. The van der Waals surface area contributed by atoms with Crippen LogP contribution < -0.4 is 23.8 Å². The van der Waals surface area contributed by atoms with Crippen molar-refractivity contribution in [3.8, 4) is 17.2 Å². The van der Waals surface area contributed by atoms with Crippen LogP contribution in [0.25, 0.3) is 0 Å². The van der Waals surface area contributed by atoms with Crippen LogP contribution in [0.1, 0.15) is 13.8 Å². The van der Waals surface area contributed by atoms with Crippen molar-refractivity contribution in [1.82, 2.24) is 5.32 Å². The molecular weight excluding hydrogens is 408 g/mol. The summed E-state index contributed by atoms with van der Waals surface area (Å²) < 4.78 is 41.7. The van der Waals surface area contributed by atoms with Gasteiger partial charge in [-0.15, -0.1) is 0 Å². The molecule has 0 spiro atoms. The molecule has 30 heavy (non-hydrogen) atoms. The van der Waals surface area contributed by atoms with Crippen LogP contribution in [0.5, 0.6) is 17.2 Å². The van der Waals surface area contributed by atoms with E-state index >= 15 is 0 Å². The van der Waals surface area contributed by atoms with Crippen molar-refractivity contribution in [3.63, 3.8) is 0 Å². The summed E-state index contributed by atoms with van der Waals surface area (Å²) in [6.45, 7) is 3.55. The summed E-state index contributed by atoms with van der Waals surface area (Å²) >= 11 is 0. The zero-order valence-electron chi connectivity index (χ0n) is 17.8. The van der Waals surface area contributed by atoms with E-state index in [1.54, 1.807) is 62.6 Å². The second kappa shape index (κ2) is 10.2. The van der Waals surface area contributed by atoms with Crippen LogP contribution in [-0.2, 0) is 14.8 Å². The van der Waals surface area contributed by atoms with Gasteiger partial charge in [0.05, 0.1) is 32.2 Å². The normalized spacial score (nSPS) is 13.1. The van der Waals surface area contributed by atoms with Crippen LogP contribution in [0, 0.1) is 0 Å². The van der Waals surface area contributed by atoms with Gasteiger partial charge in [0.25, 0.3) is 0 Å². The number of amides is 1. The van der Waals surface area contributed by atoms with E-state index in [1.807, 2.05) is 0 Å². The monoisotopic (exact) mass is 436 g/mol. The van der Waals surface area contributed by atoms with Gasteiger partial charge in [-0.2, -0.15) is 0 Å². The molecule has 0 aromatic heterocycles. The lowest BCUT2D eigenvalue weighted by atomic mass is 10.2. The number of methoxy groups -OCH3 is 2. The Balaban J connectivity index is 2.02.